The number of nitrogens with one attached hydrogen (secondary N) is 3. The molecular weight excluding hydrogens is 712 g/mol. The van der Waals surface area contributed by atoms with E-state index in [0.29, 0.717) is 35.7 Å². The van der Waals surface area contributed by atoms with Crippen molar-refractivity contribution in [2.45, 2.75) is 62.8 Å². The molecule has 2 aromatic carbocycles. The molecule has 0 radical (unpaired) electrons. The smallest absolute Gasteiger partial charge is 0.329 e. The Morgan fingerprint density at radius 2 is 1.71 bits per heavy atom. The van der Waals surface area contributed by atoms with Gasteiger partial charge in [0.15, 0.2) is 0 Å². The summed E-state index contributed by atoms with van der Waals surface area (Å²) in [7, 11) is 1.76. The number of piperidine rings is 3. The third-order valence-corrected chi connectivity index (χ3v) is 13.4. The van der Waals surface area contributed by atoms with E-state index in [1.54, 1.807) is 28.3 Å². The van der Waals surface area contributed by atoms with Crippen LogP contribution in [0.3, 0.4) is 0 Å². The summed E-state index contributed by atoms with van der Waals surface area (Å²) in [6.07, 6.45) is 7.90. The van der Waals surface area contributed by atoms with Crippen LogP contribution in [0.2, 0.25) is 0 Å². The maximum Gasteiger partial charge on any atom is 0.329 e. The van der Waals surface area contributed by atoms with Gasteiger partial charge in [0.25, 0.3) is 5.91 Å². The Morgan fingerprint density at radius 3 is 2.50 bits per heavy atom. The Kier molecular flexibility index (Phi) is 8.28. The van der Waals surface area contributed by atoms with Crippen molar-refractivity contribution in [1.29, 1.82) is 0 Å². The summed E-state index contributed by atoms with van der Waals surface area (Å²) in [5.41, 5.74) is 9.20. The van der Waals surface area contributed by atoms with E-state index in [9.17, 15) is 23.6 Å². The molecule has 1 aliphatic carbocycles. The number of hydrogen-bond donors (Lipinski definition) is 3. The van der Waals surface area contributed by atoms with E-state index in [1.807, 2.05) is 30.5 Å². The van der Waals surface area contributed by atoms with Crippen molar-refractivity contribution in [3.8, 4) is 22.5 Å². The highest BCUT2D eigenvalue weighted by molar-refractivity contribution is 6.02. The Bertz CT molecular complexity index is 2500. The quantitative estimate of drug-likeness (QED) is 0.223. The first-order valence-electron chi connectivity index (χ1n) is 20.0. The Labute approximate surface area is 323 Å². The molecule has 3 saturated heterocycles. The second kappa shape index (κ2) is 13.3. The number of amides is 3. The molecule has 1 unspecified atom stereocenters. The number of benzene rings is 2. The third kappa shape index (κ3) is 5.53. The van der Waals surface area contributed by atoms with E-state index in [2.05, 4.69) is 36.5 Å². The molecule has 3 fully saturated rings. The van der Waals surface area contributed by atoms with Crippen LogP contribution in [-0.2, 0) is 34.9 Å². The molecule has 3 N–H and O–H groups in total. The van der Waals surface area contributed by atoms with Gasteiger partial charge in [-0.2, -0.15) is 0 Å². The Hall–Kier alpha value is -5.56. The summed E-state index contributed by atoms with van der Waals surface area (Å²) in [6.45, 7) is 5.29. The van der Waals surface area contributed by atoms with Gasteiger partial charge in [-0.3, -0.25) is 33.8 Å². The molecule has 1 spiro atoms. The fourth-order valence-corrected chi connectivity index (χ4v) is 10.3. The first-order valence-corrected chi connectivity index (χ1v) is 20.0. The SMILES string of the molecule is Cn1c(=O)n(C2CCC(=O)NC2=O)c2cccc(N3CCC(CN4CCC5(CC4)CNC(=O)c4c5[nH]c5c4CCc4cnc(-c6ccccc6F)cc4-5)CC3)c21. The molecule has 5 aromatic rings. The van der Waals surface area contributed by atoms with Gasteiger partial charge in [0.05, 0.1) is 33.7 Å². The summed E-state index contributed by atoms with van der Waals surface area (Å²) in [6, 6.07) is 13.9. The number of anilines is 1. The zero-order valence-corrected chi connectivity index (χ0v) is 31.5. The lowest BCUT2D eigenvalue weighted by Crippen LogP contribution is -2.53. The fourth-order valence-electron chi connectivity index (χ4n) is 10.3. The van der Waals surface area contributed by atoms with E-state index in [0.717, 1.165) is 116 Å². The Morgan fingerprint density at radius 1 is 0.911 bits per heavy atom. The third-order valence-electron chi connectivity index (χ3n) is 13.4. The number of imide groups is 1. The van der Waals surface area contributed by atoms with Gasteiger partial charge < -0.3 is 20.1 Å². The fraction of sp³-hybridized carbons (Fsp3) is 0.419. The van der Waals surface area contributed by atoms with Crippen LogP contribution in [0.1, 0.15) is 71.7 Å². The van der Waals surface area contributed by atoms with E-state index in [1.165, 1.54) is 6.07 Å². The van der Waals surface area contributed by atoms with Crippen LogP contribution in [0.15, 0.2) is 59.5 Å². The number of imidazole rings is 1. The van der Waals surface area contributed by atoms with Crippen molar-refractivity contribution in [3.63, 3.8) is 0 Å². The predicted octanol–water partition coefficient (Wildman–Crippen LogP) is 4.61. The molecule has 4 aliphatic heterocycles. The van der Waals surface area contributed by atoms with E-state index in [-0.39, 0.29) is 35.2 Å². The number of halogens is 1. The van der Waals surface area contributed by atoms with Crippen LogP contribution in [0.4, 0.5) is 10.1 Å². The number of rotatable bonds is 5. The minimum atomic E-state index is -0.707. The van der Waals surface area contributed by atoms with Gasteiger partial charge in [-0.25, -0.2) is 9.18 Å². The average molecular weight is 757 g/mol. The van der Waals surface area contributed by atoms with Crippen LogP contribution < -0.4 is 21.2 Å². The van der Waals surface area contributed by atoms with Crippen LogP contribution in [0, 0.1) is 11.7 Å². The summed E-state index contributed by atoms with van der Waals surface area (Å²) < 4.78 is 18.0. The molecule has 3 aromatic heterocycles. The molecule has 13 heteroatoms. The minimum absolute atomic E-state index is 0.00699. The standard InChI is InChI=1S/C43H45FN8O4/c1-49-38-32(7-4-8-33(38)52(42(49)56)34-11-12-35(53)47-40(34)54)51-17-13-25(14-18-51)23-50-19-15-43(16-20-50)24-46-41(55)36-28-10-9-26-22-45-31(27-5-2-3-6-30(27)44)21-29(26)37(28)48-39(36)43/h2-8,21-22,25,34,48H,9-20,23-24H2,1H3,(H,46,55)(H,47,53,54). The summed E-state index contributed by atoms with van der Waals surface area (Å²) in [5, 5.41) is 5.66. The van der Waals surface area contributed by atoms with Gasteiger partial charge in [0.2, 0.25) is 11.8 Å². The maximum absolute atomic E-state index is 14.8. The molecular formula is C43H45FN8O4. The second-order valence-electron chi connectivity index (χ2n) is 16.5. The van der Waals surface area contributed by atoms with Crippen molar-refractivity contribution < 1.29 is 18.8 Å². The molecule has 288 valence electrons. The molecule has 12 nitrogen and oxygen atoms in total. The number of nitrogens with zero attached hydrogens (tertiary/aromatic N) is 5. The molecule has 7 heterocycles. The van der Waals surface area contributed by atoms with Crippen LogP contribution in [0.5, 0.6) is 0 Å². The number of aromatic nitrogens is 4. The lowest BCUT2D eigenvalue weighted by atomic mass is 9.71. The lowest BCUT2D eigenvalue weighted by molar-refractivity contribution is -0.135. The number of H-pyrrole nitrogens is 1. The molecule has 1 atom stereocenters. The topological polar surface area (TPSA) is 137 Å². The summed E-state index contributed by atoms with van der Waals surface area (Å²) in [4.78, 5) is 64.9. The minimum Gasteiger partial charge on any atom is -0.370 e. The number of aryl methyl sites for hydroxylation is 2. The van der Waals surface area contributed by atoms with Gasteiger partial charge in [-0.15, -0.1) is 0 Å². The highest BCUT2D eigenvalue weighted by atomic mass is 19.1. The predicted molar refractivity (Wildman–Crippen MR) is 210 cm³/mol. The van der Waals surface area contributed by atoms with Crippen molar-refractivity contribution in [2.75, 3.05) is 44.2 Å². The zero-order chi connectivity index (χ0) is 38.3. The molecule has 56 heavy (non-hydrogen) atoms. The molecule has 0 saturated carbocycles. The monoisotopic (exact) mass is 756 g/mol. The van der Waals surface area contributed by atoms with E-state index in [4.69, 9.17) is 0 Å². The highest BCUT2D eigenvalue weighted by Gasteiger charge is 2.46. The number of hydrogen-bond acceptors (Lipinski definition) is 7. The van der Waals surface area contributed by atoms with Crippen molar-refractivity contribution in [3.05, 3.63) is 93.4 Å². The van der Waals surface area contributed by atoms with Gasteiger partial charge in [0, 0.05) is 68.1 Å². The average Bonchev–Trinajstić information content (AvgIpc) is 3.74. The molecule has 3 amide bonds. The van der Waals surface area contributed by atoms with Crippen molar-refractivity contribution in [2.24, 2.45) is 13.0 Å². The normalized spacial score (nSPS) is 21.1. The van der Waals surface area contributed by atoms with Crippen LogP contribution >= 0.6 is 0 Å². The number of aromatic amines is 1. The Balaban J connectivity index is 0.831. The van der Waals surface area contributed by atoms with Crippen LogP contribution in [-0.4, -0.2) is 81.0 Å². The lowest BCUT2D eigenvalue weighted by Gasteiger charge is -2.45. The van der Waals surface area contributed by atoms with Gasteiger partial charge >= 0.3 is 5.69 Å². The van der Waals surface area contributed by atoms with E-state index < -0.39 is 11.9 Å². The molecule has 10 rings (SSSR count). The number of pyridine rings is 1. The number of fused-ring (bicyclic) bond motifs is 7. The summed E-state index contributed by atoms with van der Waals surface area (Å²) >= 11 is 0. The summed E-state index contributed by atoms with van der Waals surface area (Å²) in [5.74, 6) is -0.489. The van der Waals surface area contributed by atoms with Crippen molar-refractivity contribution in [1.82, 2.24) is 34.6 Å². The van der Waals surface area contributed by atoms with Gasteiger partial charge in [-0.05, 0) is 105 Å². The van der Waals surface area contributed by atoms with Gasteiger partial charge in [0.1, 0.15) is 11.9 Å². The van der Waals surface area contributed by atoms with Crippen molar-refractivity contribution >= 4 is 34.4 Å². The first-order chi connectivity index (χ1) is 27.2. The number of para-hydroxylation sites is 1. The van der Waals surface area contributed by atoms with Crippen LogP contribution in [0.25, 0.3) is 33.5 Å². The number of carbonyl (C=O) groups is 3. The second-order valence-corrected chi connectivity index (χ2v) is 16.5. The van der Waals surface area contributed by atoms with E-state index >= 15 is 0 Å². The zero-order valence-electron chi connectivity index (χ0n) is 31.5. The first kappa shape index (κ1) is 34.9. The van der Waals surface area contributed by atoms with Gasteiger partial charge in [-0.1, -0.05) is 18.2 Å². The number of carbonyl (C=O) groups excluding carboxylic acids is 3. The number of likely N-dealkylation sites (tertiary alicyclic amines) is 1. The maximum atomic E-state index is 14.8. The highest BCUT2D eigenvalue weighted by Crippen LogP contribution is 2.46. The molecule has 5 aliphatic rings. The molecule has 0 bridgehead atoms. The largest absolute Gasteiger partial charge is 0.370 e.